The zero-order valence-electron chi connectivity index (χ0n) is 11.0. The Labute approximate surface area is 121 Å². The Morgan fingerprint density at radius 1 is 1.37 bits per heavy atom. The summed E-state index contributed by atoms with van der Waals surface area (Å²) in [5.41, 5.74) is 0.679. The molecule has 6 heteroatoms. The maximum atomic E-state index is 11.8. The van der Waals surface area contributed by atoms with E-state index in [2.05, 4.69) is 21.2 Å². The van der Waals surface area contributed by atoms with E-state index in [-0.39, 0.29) is 25.0 Å². The fraction of sp³-hybridized carbons (Fsp3) is 0.385. The monoisotopic (exact) mass is 328 g/mol. The summed E-state index contributed by atoms with van der Waals surface area (Å²) >= 11 is 3.34. The standard InChI is InChI=1S/C13H17BrN2O3/c1-3-19-9-13(18)16(2)8-12(17)15-11-7-5-4-6-10(11)14/h4-7H,3,8-9H2,1-2H3,(H,15,17). The highest BCUT2D eigenvalue weighted by molar-refractivity contribution is 9.10. The van der Waals surface area contributed by atoms with Crippen LogP contribution in [-0.4, -0.2) is 43.5 Å². The molecule has 0 spiro atoms. The van der Waals surface area contributed by atoms with Gasteiger partial charge in [-0.3, -0.25) is 9.59 Å². The van der Waals surface area contributed by atoms with Crippen LogP contribution in [0.1, 0.15) is 6.92 Å². The average Bonchev–Trinajstić information content (AvgIpc) is 2.38. The third-order valence-corrected chi connectivity index (χ3v) is 3.08. The highest BCUT2D eigenvalue weighted by atomic mass is 79.9. The Morgan fingerprint density at radius 2 is 2.05 bits per heavy atom. The average molecular weight is 329 g/mol. The van der Waals surface area contributed by atoms with Crippen LogP contribution in [0.4, 0.5) is 5.69 Å². The van der Waals surface area contributed by atoms with Gasteiger partial charge in [-0.1, -0.05) is 12.1 Å². The molecule has 104 valence electrons. The lowest BCUT2D eigenvalue weighted by molar-refractivity contribution is -0.137. The normalized spacial score (nSPS) is 10.1. The summed E-state index contributed by atoms with van der Waals surface area (Å²) in [4.78, 5) is 24.7. The van der Waals surface area contributed by atoms with Gasteiger partial charge in [-0.05, 0) is 35.0 Å². The molecule has 0 heterocycles. The van der Waals surface area contributed by atoms with E-state index < -0.39 is 0 Å². The molecule has 0 aromatic heterocycles. The quantitative estimate of drug-likeness (QED) is 0.867. The summed E-state index contributed by atoms with van der Waals surface area (Å²) in [5, 5.41) is 2.73. The summed E-state index contributed by atoms with van der Waals surface area (Å²) < 4.78 is 5.80. The molecule has 1 N–H and O–H groups in total. The number of ether oxygens (including phenoxy) is 1. The molecule has 1 aromatic carbocycles. The fourth-order valence-corrected chi connectivity index (χ4v) is 1.74. The third-order valence-electron chi connectivity index (χ3n) is 2.38. The molecule has 0 saturated carbocycles. The minimum Gasteiger partial charge on any atom is -0.372 e. The minimum atomic E-state index is -0.251. The van der Waals surface area contributed by atoms with Crippen molar-refractivity contribution in [2.24, 2.45) is 0 Å². The molecule has 0 aliphatic carbocycles. The first-order valence-electron chi connectivity index (χ1n) is 5.90. The predicted octanol–water partition coefficient (Wildman–Crippen LogP) is 1.88. The van der Waals surface area contributed by atoms with E-state index in [9.17, 15) is 9.59 Å². The molecule has 1 aromatic rings. The van der Waals surface area contributed by atoms with Crippen molar-refractivity contribution in [2.45, 2.75) is 6.92 Å². The second-order valence-corrected chi connectivity index (χ2v) is 4.77. The first-order valence-corrected chi connectivity index (χ1v) is 6.70. The van der Waals surface area contributed by atoms with Crippen molar-refractivity contribution in [1.29, 1.82) is 0 Å². The van der Waals surface area contributed by atoms with Crippen molar-refractivity contribution in [3.05, 3.63) is 28.7 Å². The van der Waals surface area contributed by atoms with Crippen LogP contribution in [-0.2, 0) is 14.3 Å². The Bertz CT molecular complexity index is 451. The zero-order valence-corrected chi connectivity index (χ0v) is 12.6. The van der Waals surface area contributed by atoms with Gasteiger partial charge < -0.3 is 15.0 Å². The van der Waals surface area contributed by atoms with Gasteiger partial charge in [0.1, 0.15) is 6.61 Å². The van der Waals surface area contributed by atoms with Gasteiger partial charge in [0.15, 0.2) is 0 Å². The summed E-state index contributed by atoms with van der Waals surface area (Å²) in [6.07, 6.45) is 0. The number of amides is 2. The number of halogens is 1. The topological polar surface area (TPSA) is 58.6 Å². The highest BCUT2D eigenvalue weighted by Gasteiger charge is 2.13. The van der Waals surface area contributed by atoms with E-state index in [0.29, 0.717) is 12.3 Å². The first-order chi connectivity index (χ1) is 9.04. The molecule has 5 nitrogen and oxygen atoms in total. The van der Waals surface area contributed by atoms with Crippen molar-refractivity contribution in [1.82, 2.24) is 4.90 Å². The van der Waals surface area contributed by atoms with Crippen LogP contribution >= 0.6 is 15.9 Å². The molecule has 0 bridgehead atoms. The number of rotatable bonds is 6. The van der Waals surface area contributed by atoms with E-state index >= 15 is 0 Å². The third kappa shape index (κ3) is 5.40. The van der Waals surface area contributed by atoms with Crippen LogP contribution < -0.4 is 5.32 Å². The van der Waals surface area contributed by atoms with E-state index in [1.54, 1.807) is 13.1 Å². The molecule has 0 unspecified atom stereocenters. The van der Waals surface area contributed by atoms with E-state index in [1.807, 2.05) is 25.1 Å². The number of nitrogens with one attached hydrogen (secondary N) is 1. The Morgan fingerprint density at radius 3 is 2.68 bits per heavy atom. The molecular weight excluding hydrogens is 312 g/mol. The van der Waals surface area contributed by atoms with Gasteiger partial charge in [-0.15, -0.1) is 0 Å². The van der Waals surface area contributed by atoms with Gasteiger partial charge in [0.2, 0.25) is 11.8 Å². The lowest BCUT2D eigenvalue weighted by Gasteiger charge is -2.16. The number of carbonyl (C=O) groups excluding carboxylic acids is 2. The van der Waals surface area contributed by atoms with E-state index in [4.69, 9.17) is 4.74 Å². The molecular formula is C13H17BrN2O3. The number of hydrogen-bond acceptors (Lipinski definition) is 3. The van der Waals surface area contributed by atoms with Crippen molar-refractivity contribution in [3.8, 4) is 0 Å². The van der Waals surface area contributed by atoms with Gasteiger partial charge in [-0.25, -0.2) is 0 Å². The summed E-state index contributed by atoms with van der Waals surface area (Å²) in [7, 11) is 1.57. The van der Waals surface area contributed by atoms with Crippen molar-refractivity contribution < 1.29 is 14.3 Å². The fourth-order valence-electron chi connectivity index (χ4n) is 1.36. The van der Waals surface area contributed by atoms with Crippen LogP contribution in [0, 0.1) is 0 Å². The molecule has 0 aliphatic heterocycles. The van der Waals surface area contributed by atoms with Gasteiger partial charge in [-0.2, -0.15) is 0 Å². The lowest BCUT2D eigenvalue weighted by atomic mass is 10.3. The number of hydrogen-bond donors (Lipinski definition) is 1. The number of anilines is 1. The van der Waals surface area contributed by atoms with E-state index in [0.717, 1.165) is 4.47 Å². The molecule has 0 fully saturated rings. The molecule has 0 aliphatic rings. The number of nitrogens with zero attached hydrogens (tertiary/aromatic N) is 1. The molecule has 19 heavy (non-hydrogen) atoms. The summed E-state index contributed by atoms with van der Waals surface area (Å²) in [6, 6.07) is 7.30. The van der Waals surface area contributed by atoms with Gasteiger partial charge in [0.25, 0.3) is 0 Å². The van der Waals surface area contributed by atoms with Crippen LogP contribution in [0.2, 0.25) is 0 Å². The number of likely N-dealkylation sites (N-methyl/N-ethyl adjacent to an activating group) is 1. The van der Waals surface area contributed by atoms with E-state index in [1.165, 1.54) is 4.90 Å². The first kappa shape index (κ1) is 15.7. The van der Waals surface area contributed by atoms with Gasteiger partial charge >= 0.3 is 0 Å². The largest absolute Gasteiger partial charge is 0.372 e. The Balaban J connectivity index is 2.47. The smallest absolute Gasteiger partial charge is 0.248 e. The Kier molecular flexibility index (Phi) is 6.52. The van der Waals surface area contributed by atoms with Crippen molar-refractivity contribution >= 4 is 33.4 Å². The Hall–Kier alpha value is -1.40. The second-order valence-electron chi connectivity index (χ2n) is 3.91. The molecule has 0 atom stereocenters. The molecule has 0 radical (unpaired) electrons. The SMILES string of the molecule is CCOCC(=O)N(C)CC(=O)Nc1ccccc1Br. The number of para-hydroxylation sites is 1. The van der Waals surface area contributed by atoms with Crippen LogP contribution in [0.25, 0.3) is 0 Å². The molecule has 2 amide bonds. The zero-order chi connectivity index (χ0) is 14.3. The second kappa shape index (κ2) is 7.91. The van der Waals surface area contributed by atoms with Crippen LogP contribution in [0.15, 0.2) is 28.7 Å². The lowest BCUT2D eigenvalue weighted by Crippen LogP contribution is -2.37. The minimum absolute atomic E-state index is 0.00465. The maximum Gasteiger partial charge on any atom is 0.248 e. The van der Waals surface area contributed by atoms with Crippen molar-refractivity contribution in [3.63, 3.8) is 0 Å². The van der Waals surface area contributed by atoms with Gasteiger partial charge in [0.05, 0.1) is 12.2 Å². The predicted molar refractivity (Wildman–Crippen MR) is 76.9 cm³/mol. The molecule has 0 saturated heterocycles. The van der Waals surface area contributed by atoms with Crippen molar-refractivity contribution in [2.75, 3.05) is 32.1 Å². The summed E-state index contributed by atoms with van der Waals surface area (Å²) in [6.45, 7) is 2.28. The maximum absolute atomic E-state index is 11.8. The number of carbonyl (C=O) groups is 2. The molecule has 1 rings (SSSR count). The van der Waals surface area contributed by atoms with Crippen LogP contribution in [0.3, 0.4) is 0 Å². The number of benzene rings is 1. The highest BCUT2D eigenvalue weighted by Crippen LogP contribution is 2.20. The van der Waals surface area contributed by atoms with Gasteiger partial charge in [0, 0.05) is 18.1 Å². The summed E-state index contributed by atoms with van der Waals surface area (Å²) in [5.74, 6) is -0.469. The van der Waals surface area contributed by atoms with Crippen LogP contribution in [0.5, 0.6) is 0 Å².